The lowest BCUT2D eigenvalue weighted by Crippen LogP contribution is -2.52. The minimum atomic E-state index is -3.80. The third-order valence-electron chi connectivity index (χ3n) is 5.32. The number of amides is 2. The number of carbonyl (C=O) groups is 2. The van der Waals surface area contributed by atoms with Crippen LogP contribution in [0.2, 0.25) is 10.0 Å². The first-order chi connectivity index (χ1) is 15.7. The second-order valence-corrected chi connectivity index (χ2v) is 11.4. The summed E-state index contributed by atoms with van der Waals surface area (Å²) in [6.07, 6.45) is 1.06. The minimum Gasteiger partial charge on any atom is -0.352 e. The molecule has 1 N–H and O–H groups in total. The van der Waals surface area contributed by atoms with Gasteiger partial charge in [-0.3, -0.25) is 13.9 Å². The van der Waals surface area contributed by atoms with E-state index in [2.05, 4.69) is 5.32 Å². The number of benzene rings is 2. The van der Waals surface area contributed by atoms with Gasteiger partial charge in [-0.2, -0.15) is 0 Å². The molecule has 0 bridgehead atoms. The fourth-order valence-corrected chi connectivity index (χ4v) is 5.03. The topological polar surface area (TPSA) is 86.8 Å². The van der Waals surface area contributed by atoms with Crippen molar-refractivity contribution in [3.05, 3.63) is 63.1 Å². The Kier molecular flexibility index (Phi) is 9.39. The van der Waals surface area contributed by atoms with Crippen LogP contribution in [-0.2, 0) is 26.2 Å². The van der Waals surface area contributed by atoms with Crippen molar-refractivity contribution in [1.29, 1.82) is 0 Å². The van der Waals surface area contributed by atoms with Gasteiger partial charge < -0.3 is 10.2 Å². The third-order valence-corrected chi connectivity index (χ3v) is 7.02. The maximum Gasteiger partial charge on any atom is 0.244 e. The molecule has 0 saturated heterocycles. The second-order valence-electron chi connectivity index (χ2n) is 8.61. The Morgan fingerprint density at radius 2 is 1.62 bits per heavy atom. The first kappa shape index (κ1) is 28.0. The van der Waals surface area contributed by atoms with Crippen LogP contribution >= 0.6 is 23.2 Å². The molecule has 0 aliphatic rings. The van der Waals surface area contributed by atoms with Crippen LogP contribution in [0.4, 0.5) is 5.69 Å². The van der Waals surface area contributed by atoms with E-state index in [0.29, 0.717) is 21.3 Å². The summed E-state index contributed by atoms with van der Waals surface area (Å²) in [5, 5.41) is 3.59. The highest BCUT2D eigenvalue weighted by atomic mass is 35.5. The Balaban J connectivity index is 2.49. The highest BCUT2D eigenvalue weighted by Crippen LogP contribution is 2.28. The maximum absolute atomic E-state index is 13.6. The average molecular weight is 529 g/mol. The first-order valence-electron chi connectivity index (χ1n) is 10.8. The van der Waals surface area contributed by atoms with E-state index < -0.39 is 28.5 Å². The number of hydrogen-bond acceptors (Lipinski definition) is 4. The van der Waals surface area contributed by atoms with Gasteiger partial charge in [0.15, 0.2) is 0 Å². The van der Waals surface area contributed by atoms with E-state index >= 15 is 0 Å². The Hall–Kier alpha value is -2.29. The SMILES string of the molecule is Cc1cccc(C)c1N(CC(=O)N(Cc1ccc(Cl)cc1Cl)[C@H](C)C(=O)NC(C)C)S(C)(=O)=O. The van der Waals surface area contributed by atoms with Gasteiger partial charge in [0.2, 0.25) is 21.8 Å². The van der Waals surface area contributed by atoms with Crippen LogP contribution in [0.25, 0.3) is 0 Å². The fourth-order valence-electron chi connectivity index (χ4n) is 3.60. The molecule has 0 heterocycles. The van der Waals surface area contributed by atoms with E-state index in [4.69, 9.17) is 23.2 Å². The number of carbonyl (C=O) groups excluding carboxylic acids is 2. The molecule has 0 saturated carbocycles. The zero-order valence-corrected chi connectivity index (χ0v) is 22.6. The molecular weight excluding hydrogens is 497 g/mol. The number of hydrogen-bond donors (Lipinski definition) is 1. The van der Waals surface area contributed by atoms with Crippen LogP contribution in [0.15, 0.2) is 36.4 Å². The summed E-state index contributed by atoms with van der Waals surface area (Å²) in [5.41, 5.74) is 2.47. The number of rotatable bonds is 9. The molecule has 0 unspecified atom stereocenters. The molecule has 0 fully saturated rings. The normalized spacial score (nSPS) is 12.4. The molecule has 0 spiro atoms. The van der Waals surface area contributed by atoms with Gasteiger partial charge in [0, 0.05) is 22.6 Å². The van der Waals surface area contributed by atoms with Crippen LogP contribution < -0.4 is 9.62 Å². The molecular formula is C24H31Cl2N3O4S. The molecule has 0 aliphatic heterocycles. The minimum absolute atomic E-state index is 0.00583. The number of aryl methyl sites for hydroxylation is 2. The van der Waals surface area contributed by atoms with Crippen molar-refractivity contribution < 1.29 is 18.0 Å². The summed E-state index contributed by atoms with van der Waals surface area (Å²) in [4.78, 5) is 27.7. The van der Waals surface area contributed by atoms with Crippen LogP contribution in [0.5, 0.6) is 0 Å². The molecule has 10 heteroatoms. The Bertz CT molecular complexity index is 1150. The van der Waals surface area contributed by atoms with Gasteiger partial charge in [-0.1, -0.05) is 47.5 Å². The molecule has 2 amide bonds. The van der Waals surface area contributed by atoms with E-state index in [1.54, 1.807) is 51.1 Å². The monoisotopic (exact) mass is 527 g/mol. The van der Waals surface area contributed by atoms with E-state index in [1.165, 1.54) is 4.90 Å². The van der Waals surface area contributed by atoms with Crippen molar-refractivity contribution in [3.63, 3.8) is 0 Å². The highest BCUT2D eigenvalue weighted by Gasteiger charge is 2.31. The zero-order chi connectivity index (χ0) is 25.8. The van der Waals surface area contributed by atoms with Gasteiger partial charge in [-0.25, -0.2) is 8.42 Å². The summed E-state index contributed by atoms with van der Waals surface area (Å²) < 4.78 is 26.6. The molecule has 2 aromatic rings. The van der Waals surface area contributed by atoms with Crippen molar-refractivity contribution in [1.82, 2.24) is 10.2 Å². The molecule has 1 atom stereocenters. The van der Waals surface area contributed by atoms with Crippen LogP contribution in [0.3, 0.4) is 0 Å². The standard InChI is InChI=1S/C24H31Cl2N3O4S/c1-15(2)27-24(31)18(5)28(13-19-10-11-20(25)12-21(19)26)22(30)14-29(34(6,32)33)23-16(3)8-7-9-17(23)4/h7-12,15,18H,13-14H2,1-6H3,(H,27,31)/t18-/m1/s1. The largest absolute Gasteiger partial charge is 0.352 e. The van der Waals surface area contributed by atoms with Crippen LogP contribution in [0, 0.1) is 13.8 Å². The van der Waals surface area contributed by atoms with Crippen LogP contribution in [-0.4, -0.2) is 50.0 Å². The molecule has 0 aromatic heterocycles. The summed E-state index contributed by atoms with van der Waals surface area (Å²) in [7, 11) is -3.80. The van der Waals surface area contributed by atoms with Gasteiger partial charge in [-0.05, 0) is 63.4 Å². The molecule has 2 aromatic carbocycles. The van der Waals surface area contributed by atoms with Gasteiger partial charge >= 0.3 is 0 Å². The number of para-hydroxylation sites is 1. The van der Waals surface area contributed by atoms with Crippen molar-refractivity contribution in [2.45, 2.75) is 53.2 Å². The molecule has 0 aliphatic carbocycles. The molecule has 34 heavy (non-hydrogen) atoms. The van der Waals surface area contributed by atoms with Gasteiger partial charge in [-0.15, -0.1) is 0 Å². The number of nitrogens with zero attached hydrogens (tertiary/aromatic N) is 2. The molecule has 186 valence electrons. The van der Waals surface area contributed by atoms with E-state index in [-0.39, 0.29) is 18.5 Å². The smallest absolute Gasteiger partial charge is 0.244 e. The van der Waals surface area contributed by atoms with Crippen molar-refractivity contribution in [2.24, 2.45) is 0 Å². The molecule has 0 radical (unpaired) electrons. The van der Waals surface area contributed by atoms with Crippen molar-refractivity contribution in [3.8, 4) is 0 Å². The van der Waals surface area contributed by atoms with E-state index in [1.807, 2.05) is 19.9 Å². The quantitative estimate of drug-likeness (QED) is 0.526. The van der Waals surface area contributed by atoms with Gasteiger partial charge in [0.05, 0.1) is 11.9 Å². The lowest BCUT2D eigenvalue weighted by atomic mass is 10.1. The predicted molar refractivity (Wildman–Crippen MR) is 138 cm³/mol. The molecule has 2 rings (SSSR count). The number of halogens is 2. The number of anilines is 1. The predicted octanol–water partition coefficient (Wildman–Crippen LogP) is 4.32. The van der Waals surface area contributed by atoms with Crippen molar-refractivity contribution in [2.75, 3.05) is 17.1 Å². The Morgan fingerprint density at radius 3 is 2.12 bits per heavy atom. The highest BCUT2D eigenvalue weighted by molar-refractivity contribution is 7.92. The second kappa shape index (κ2) is 11.4. The maximum atomic E-state index is 13.6. The summed E-state index contributed by atoms with van der Waals surface area (Å²) in [5.74, 6) is -0.892. The van der Waals surface area contributed by atoms with E-state index in [9.17, 15) is 18.0 Å². The summed E-state index contributed by atoms with van der Waals surface area (Å²) >= 11 is 12.3. The van der Waals surface area contributed by atoms with Gasteiger partial charge in [0.1, 0.15) is 12.6 Å². The lowest BCUT2D eigenvalue weighted by Gasteiger charge is -2.32. The third kappa shape index (κ3) is 7.10. The zero-order valence-electron chi connectivity index (χ0n) is 20.2. The summed E-state index contributed by atoms with van der Waals surface area (Å²) in [6, 6.07) is 9.27. The average Bonchev–Trinajstić information content (AvgIpc) is 2.70. The molecule has 7 nitrogen and oxygen atoms in total. The van der Waals surface area contributed by atoms with Crippen LogP contribution in [0.1, 0.15) is 37.5 Å². The van der Waals surface area contributed by atoms with E-state index in [0.717, 1.165) is 21.7 Å². The van der Waals surface area contributed by atoms with Gasteiger partial charge in [0.25, 0.3) is 0 Å². The Morgan fingerprint density at radius 1 is 1.03 bits per heavy atom. The number of nitrogens with one attached hydrogen (secondary N) is 1. The fraction of sp³-hybridized carbons (Fsp3) is 0.417. The Labute approximate surface area is 212 Å². The lowest BCUT2D eigenvalue weighted by molar-refractivity contribution is -0.139. The first-order valence-corrected chi connectivity index (χ1v) is 13.4. The van der Waals surface area contributed by atoms with Crippen molar-refractivity contribution >= 4 is 50.7 Å². The summed E-state index contributed by atoms with van der Waals surface area (Å²) in [6.45, 7) is 8.35. The number of sulfonamides is 1.